The van der Waals surface area contributed by atoms with Crippen LogP contribution in [-0.2, 0) is 4.79 Å². The largest absolute Gasteiger partial charge is 0.358 e. The van der Waals surface area contributed by atoms with Crippen LogP contribution in [0.2, 0.25) is 0 Å². The van der Waals surface area contributed by atoms with Crippen LogP contribution in [0.4, 0.5) is 5.13 Å². The second kappa shape index (κ2) is 5.93. The molecule has 0 radical (unpaired) electrons. The van der Waals surface area contributed by atoms with Gasteiger partial charge in [-0.3, -0.25) is 4.79 Å². The number of nitrogens with one attached hydrogen (secondary N) is 2. The Labute approximate surface area is 133 Å². The van der Waals surface area contributed by atoms with Crippen molar-refractivity contribution >= 4 is 33.3 Å². The van der Waals surface area contributed by atoms with Crippen LogP contribution in [0.3, 0.4) is 0 Å². The van der Waals surface area contributed by atoms with Gasteiger partial charge < -0.3 is 10.3 Å². The van der Waals surface area contributed by atoms with E-state index in [9.17, 15) is 4.79 Å². The molecule has 0 aliphatic carbocycles. The van der Waals surface area contributed by atoms with Gasteiger partial charge in [0.05, 0.1) is 5.69 Å². The number of H-pyrrole nitrogens is 1. The van der Waals surface area contributed by atoms with E-state index in [2.05, 4.69) is 27.4 Å². The van der Waals surface area contributed by atoms with Gasteiger partial charge in [-0.05, 0) is 19.4 Å². The Morgan fingerprint density at radius 3 is 2.95 bits per heavy atom. The molecule has 0 aliphatic rings. The number of para-hydroxylation sites is 1. The summed E-state index contributed by atoms with van der Waals surface area (Å²) >= 11 is 1.46. The maximum absolute atomic E-state index is 12.0. The fraction of sp³-hybridized carbons (Fsp3) is 0.294. The van der Waals surface area contributed by atoms with Crippen molar-refractivity contribution in [2.75, 3.05) is 5.32 Å². The van der Waals surface area contributed by atoms with Gasteiger partial charge in [-0.15, -0.1) is 11.3 Å². The van der Waals surface area contributed by atoms with E-state index >= 15 is 0 Å². The Morgan fingerprint density at radius 1 is 1.41 bits per heavy atom. The summed E-state index contributed by atoms with van der Waals surface area (Å²) in [7, 11) is 0. The van der Waals surface area contributed by atoms with Crippen molar-refractivity contribution < 1.29 is 4.79 Å². The summed E-state index contributed by atoms with van der Waals surface area (Å²) < 4.78 is 0. The second-order valence-corrected chi connectivity index (χ2v) is 6.37. The van der Waals surface area contributed by atoms with Gasteiger partial charge in [-0.25, -0.2) is 4.98 Å². The molecule has 0 saturated heterocycles. The number of anilines is 1. The molecule has 0 bridgehead atoms. The Balaban J connectivity index is 1.93. The second-order valence-electron chi connectivity index (χ2n) is 5.51. The molecule has 3 aromatic rings. The summed E-state index contributed by atoms with van der Waals surface area (Å²) in [6.07, 6.45) is 0.825. The number of fused-ring (bicyclic) bond motifs is 1. The van der Waals surface area contributed by atoms with Crippen LogP contribution in [-0.4, -0.2) is 15.9 Å². The average molecular weight is 313 g/mol. The zero-order valence-corrected chi connectivity index (χ0v) is 13.8. The SMILES string of the molecule is CC[C@@H](C)C(=O)Nc1nc(-c2c(C)[nH]c3ccccc23)cs1. The molecule has 1 amide bonds. The lowest BCUT2D eigenvalue weighted by atomic mass is 10.1. The monoisotopic (exact) mass is 313 g/mol. The predicted molar refractivity (Wildman–Crippen MR) is 92.2 cm³/mol. The molecule has 5 heteroatoms. The topological polar surface area (TPSA) is 57.8 Å². The van der Waals surface area contributed by atoms with Crippen molar-refractivity contribution in [3.63, 3.8) is 0 Å². The lowest BCUT2D eigenvalue weighted by Gasteiger charge is -2.06. The van der Waals surface area contributed by atoms with E-state index in [1.807, 2.05) is 38.3 Å². The number of hydrogen-bond donors (Lipinski definition) is 2. The molecule has 0 aliphatic heterocycles. The van der Waals surface area contributed by atoms with E-state index in [0.717, 1.165) is 34.3 Å². The minimum atomic E-state index is 0.00201. The molecule has 0 saturated carbocycles. The number of rotatable bonds is 4. The molecule has 114 valence electrons. The summed E-state index contributed by atoms with van der Waals surface area (Å²) in [6.45, 7) is 5.98. The highest BCUT2D eigenvalue weighted by Gasteiger charge is 2.16. The van der Waals surface area contributed by atoms with Gasteiger partial charge in [0.25, 0.3) is 0 Å². The molecule has 4 nitrogen and oxygen atoms in total. The third-order valence-corrected chi connectivity index (χ3v) is 4.70. The first-order valence-corrected chi connectivity index (χ1v) is 8.32. The molecular weight excluding hydrogens is 294 g/mol. The lowest BCUT2D eigenvalue weighted by molar-refractivity contribution is -0.119. The smallest absolute Gasteiger partial charge is 0.228 e. The van der Waals surface area contributed by atoms with E-state index in [0.29, 0.717) is 5.13 Å². The summed E-state index contributed by atoms with van der Waals surface area (Å²) in [4.78, 5) is 19.9. The Bertz CT molecular complexity index is 818. The van der Waals surface area contributed by atoms with E-state index < -0.39 is 0 Å². The zero-order chi connectivity index (χ0) is 15.7. The molecule has 0 unspecified atom stereocenters. The molecule has 1 aromatic carbocycles. The molecule has 22 heavy (non-hydrogen) atoms. The third kappa shape index (κ3) is 2.64. The van der Waals surface area contributed by atoms with Crippen molar-refractivity contribution in [1.29, 1.82) is 0 Å². The third-order valence-electron chi connectivity index (χ3n) is 3.94. The van der Waals surface area contributed by atoms with Crippen LogP contribution in [0.25, 0.3) is 22.2 Å². The summed E-state index contributed by atoms with van der Waals surface area (Å²) in [5.41, 5.74) is 4.20. The quantitative estimate of drug-likeness (QED) is 0.740. The predicted octanol–water partition coefficient (Wildman–Crippen LogP) is 4.58. The number of aromatic amines is 1. The van der Waals surface area contributed by atoms with Gasteiger partial charge in [-0.1, -0.05) is 32.0 Å². The van der Waals surface area contributed by atoms with Gasteiger partial charge in [0.1, 0.15) is 0 Å². The van der Waals surface area contributed by atoms with Gasteiger partial charge in [0.15, 0.2) is 5.13 Å². The molecule has 2 N–H and O–H groups in total. The summed E-state index contributed by atoms with van der Waals surface area (Å²) in [5.74, 6) is 0.0289. The Morgan fingerprint density at radius 2 is 2.18 bits per heavy atom. The molecule has 0 fully saturated rings. The minimum absolute atomic E-state index is 0.00201. The van der Waals surface area contributed by atoms with Crippen molar-refractivity contribution in [3.8, 4) is 11.3 Å². The van der Waals surface area contributed by atoms with E-state index in [1.54, 1.807) is 0 Å². The number of hydrogen-bond acceptors (Lipinski definition) is 3. The molecule has 2 aromatic heterocycles. The average Bonchev–Trinajstić information content (AvgIpc) is 3.09. The maximum Gasteiger partial charge on any atom is 0.228 e. The summed E-state index contributed by atoms with van der Waals surface area (Å²) in [5, 5.41) is 6.71. The number of carbonyl (C=O) groups is 1. The summed E-state index contributed by atoms with van der Waals surface area (Å²) in [6, 6.07) is 8.19. The van der Waals surface area contributed by atoms with Crippen LogP contribution in [0.5, 0.6) is 0 Å². The highest BCUT2D eigenvalue weighted by Crippen LogP contribution is 2.33. The highest BCUT2D eigenvalue weighted by molar-refractivity contribution is 7.14. The molecule has 2 heterocycles. The van der Waals surface area contributed by atoms with Crippen LogP contribution in [0, 0.1) is 12.8 Å². The lowest BCUT2D eigenvalue weighted by Crippen LogP contribution is -2.19. The van der Waals surface area contributed by atoms with Gasteiger partial charge in [0, 0.05) is 33.5 Å². The molecule has 0 spiro atoms. The van der Waals surface area contributed by atoms with Gasteiger partial charge >= 0.3 is 0 Å². The van der Waals surface area contributed by atoms with Crippen LogP contribution >= 0.6 is 11.3 Å². The van der Waals surface area contributed by atoms with Crippen LogP contribution in [0.15, 0.2) is 29.6 Å². The highest BCUT2D eigenvalue weighted by atomic mass is 32.1. The first-order chi connectivity index (χ1) is 10.6. The number of amides is 1. The Hall–Kier alpha value is -2.14. The number of nitrogens with zero attached hydrogens (tertiary/aromatic N) is 1. The fourth-order valence-corrected chi connectivity index (χ4v) is 3.17. The van der Waals surface area contributed by atoms with Crippen molar-refractivity contribution in [3.05, 3.63) is 35.3 Å². The maximum atomic E-state index is 12.0. The number of carbonyl (C=O) groups excluding carboxylic acids is 1. The number of aromatic nitrogens is 2. The van der Waals surface area contributed by atoms with Crippen molar-refractivity contribution in [2.45, 2.75) is 27.2 Å². The standard InChI is InChI=1S/C17H19N3OS/c1-4-10(2)16(21)20-17-19-14(9-22-17)15-11(3)18-13-8-6-5-7-12(13)15/h5-10,18H,4H2,1-3H3,(H,19,20,21)/t10-/m1/s1. The first kappa shape index (κ1) is 14.8. The number of benzene rings is 1. The molecular formula is C17H19N3OS. The molecule has 1 atom stereocenters. The first-order valence-electron chi connectivity index (χ1n) is 7.44. The minimum Gasteiger partial charge on any atom is -0.358 e. The van der Waals surface area contributed by atoms with Crippen LogP contribution in [0.1, 0.15) is 26.0 Å². The molecule has 3 rings (SSSR count). The van der Waals surface area contributed by atoms with Crippen molar-refractivity contribution in [2.24, 2.45) is 5.92 Å². The van der Waals surface area contributed by atoms with Gasteiger partial charge in [-0.2, -0.15) is 0 Å². The van der Waals surface area contributed by atoms with Crippen molar-refractivity contribution in [1.82, 2.24) is 9.97 Å². The number of thiazole rings is 1. The zero-order valence-electron chi connectivity index (χ0n) is 12.9. The van der Waals surface area contributed by atoms with E-state index in [-0.39, 0.29) is 11.8 Å². The van der Waals surface area contributed by atoms with Gasteiger partial charge in [0.2, 0.25) is 5.91 Å². The van der Waals surface area contributed by atoms with E-state index in [1.165, 1.54) is 11.3 Å². The van der Waals surface area contributed by atoms with Crippen LogP contribution < -0.4 is 5.32 Å². The fourth-order valence-electron chi connectivity index (χ4n) is 2.47. The Kier molecular flexibility index (Phi) is 3.98. The van der Waals surface area contributed by atoms with E-state index in [4.69, 9.17) is 0 Å². The number of aryl methyl sites for hydroxylation is 1. The normalized spacial score (nSPS) is 12.5.